The van der Waals surface area contributed by atoms with Gasteiger partial charge in [-0.2, -0.15) is 0 Å². The van der Waals surface area contributed by atoms with Crippen molar-refractivity contribution in [3.05, 3.63) is 48.0 Å². The number of nitrogens with zero attached hydrogens (tertiary/aromatic N) is 1. The minimum Gasteiger partial charge on any atom is -0.486 e. The monoisotopic (exact) mass is 532 g/mol. The summed E-state index contributed by atoms with van der Waals surface area (Å²) in [6, 6.07) is 9.99. The number of carbonyl (C=O) groups is 3. The molecule has 2 aromatic rings. The fourth-order valence-corrected chi connectivity index (χ4v) is 5.08. The number of sulfonamides is 1. The first-order chi connectivity index (χ1) is 17.8. The van der Waals surface area contributed by atoms with Gasteiger partial charge in [0.1, 0.15) is 13.2 Å². The highest BCUT2D eigenvalue weighted by Gasteiger charge is 2.28. The van der Waals surface area contributed by atoms with Crippen molar-refractivity contribution < 1.29 is 41.7 Å². The van der Waals surface area contributed by atoms with Gasteiger partial charge in [0.05, 0.1) is 23.0 Å². The summed E-state index contributed by atoms with van der Waals surface area (Å²) in [6.45, 7) is 3.15. The van der Waals surface area contributed by atoms with E-state index < -0.39 is 22.6 Å². The zero-order valence-corrected chi connectivity index (χ0v) is 21.1. The first-order valence-electron chi connectivity index (χ1n) is 11.9. The summed E-state index contributed by atoms with van der Waals surface area (Å²) >= 11 is 0. The lowest BCUT2D eigenvalue weighted by atomic mass is 9.97. The maximum absolute atomic E-state index is 12.8. The van der Waals surface area contributed by atoms with Crippen LogP contribution in [0.4, 0.5) is 5.69 Å². The van der Waals surface area contributed by atoms with Crippen molar-refractivity contribution >= 4 is 33.6 Å². The molecule has 2 aromatic carbocycles. The Morgan fingerprint density at radius 2 is 1.65 bits per heavy atom. The van der Waals surface area contributed by atoms with Crippen molar-refractivity contribution in [3.63, 3.8) is 0 Å². The predicted molar refractivity (Wildman–Crippen MR) is 131 cm³/mol. The lowest BCUT2D eigenvalue weighted by molar-refractivity contribution is -0.151. The van der Waals surface area contributed by atoms with Gasteiger partial charge in [-0.15, -0.1) is 0 Å². The topological polar surface area (TPSA) is 138 Å². The highest BCUT2D eigenvalue weighted by atomic mass is 32.2. The Hall–Kier alpha value is -3.80. The lowest BCUT2D eigenvalue weighted by Gasteiger charge is -2.30. The van der Waals surface area contributed by atoms with E-state index in [9.17, 15) is 22.8 Å². The van der Waals surface area contributed by atoms with Crippen molar-refractivity contribution in [2.75, 3.05) is 44.2 Å². The van der Waals surface area contributed by atoms with Crippen LogP contribution in [0, 0.1) is 5.92 Å². The summed E-state index contributed by atoms with van der Waals surface area (Å²) in [4.78, 5) is 38.2. The van der Waals surface area contributed by atoms with Gasteiger partial charge in [0.2, 0.25) is 0 Å². The molecule has 1 saturated heterocycles. The van der Waals surface area contributed by atoms with Crippen molar-refractivity contribution in [1.82, 2.24) is 4.90 Å². The van der Waals surface area contributed by atoms with E-state index >= 15 is 0 Å². The van der Waals surface area contributed by atoms with Gasteiger partial charge in [0.15, 0.2) is 18.1 Å². The molecular formula is C25H28N2O9S. The number of fused-ring (bicyclic) bond motifs is 1. The van der Waals surface area contributed by atoms with Crippen LogP contribution in [0.2, 0.25) is 0 Å². The number of nitrogens with one attached hydrogen (secondary N) is 1. The predicted octanol–water partition coefficient (Wildman–Crippen LogP) is 2.22. The Bertz CT molecular complexity index is 1250. The third-order valence-corrected chi connectivity index (χ3v) is 7.37. The molecule has 0 spiro atoms. The van der Waals surface area contributed by atoms with Crippen LogP contribution in [-0.2, 0) is 29.1 Å². The average Bonchev–Trinajstić information content (AvgIpc) is 2.91. The van der Waals surface area contributed by atoms with Crippen LogP contribution in [-0.4, -0.2) is 70.7 Å². The molecular weight excluding hydrogens is 504 g/mol. The van der Waals surface area contributed by atoms with Crippen molar-refractivity contribution in [2.24, 2.45) is 5.92 Å². The largest absolute Gasteiger partial charge is 0.486 e. The van der Waals surface area contributed by atoms with Gasteiger partial charge in [-0.25, -0.2) is 13.2 Å². The number of anilines is 1. The average molecular weight is 533 g/mol. The molecule has 0 saturated carbocycles. The van der Waals surface area contributed by atoms with Crippen LogP contribution in [0.3, 0.4) is 0 Å². The van der Waals surface area contributed by atoms with Gasteiger partial charge in [0, 0.05) is 24.8 Å². The maximum Gasteiger partial charge on any atom is 0.338 e. The van der Waals surface area contributed by atoms with Crippen molar-refractivity contribution in [2.45, 2.75) is 24.7 Å². The van der Waals surface area contributed by atoms with E-state index in [0.717, 1.165) is 0 Å². The minimum atomic E-state index is -3.91. The van der Waals surface area contributed by atoms with Crippen LogP contribution < -0.4 is 14.2 Å². The number of carbonyl (C=O) groups excluding carboxylic acids is 3. The number of hydrogen-bond donors (Lipinski definition) is 1. The molecule has 1 amide bonds. The van der Waals surface area contributed by atoms with E-state index in [2.05, 4.69) is 4.72 Å². The van der Waals surface area contributed by atoms with E-state index in [-0.39, 0.29) is 33.9 Å². The molecule has 0 unspecified atom stereocenters. The highest BCUT2D eigenvalue weighted by molar-refractivity contribution is 7.92. The van der Waals surface area contributed by atoms with E-state index in [1.54, 1.807) is 11.8 Å². The van der Waals surface area contributed by atoms with Crippen LogP contribution in [0.25, 0.3) is 0 Å². The third kappa shape index (κ3) is 6.50. The molecule has 0 bridgehead atoms. The van der Waals surface area contributed by atoms with Crippen LogP contribution in [0.15, 0.2) is 47.4 Å². The number of amides is 1. The molecule has 1 N–H and O–H groups in total. The van der Waals surface area contributed by atoms with Crippen LogP contribution in [0.5, 0.6) is 11.5 Å². The lowest BCUT2D eigenvalue weighted by Crippen LogP contribution is -2.42. The quantitative estimate of drug-likeness (QED) is 0.507. The zero-order chi connectivity index (χ0) is 26.4. The Balaban J connectivity index is 1.28. The molecule has 198 valence electrons. The third-order valence-electron chi connectivity index (χ3n) is 5.99. The fraction of sp³-hybridized carbons (Fsp3) is 0.400. The Labute approximate surface area is 214 Å². The molecule has 2 heterocycles. The number of esters is 2. The van der Waals surface area contributed by atoms with Gasteiger partial charge in [-0.3, -0.25) is 14.3 Å². The molecule has 0 aromatic heterocycles. The molecule has 2 aliphatic heterocycles. The summed E-state index contributed by atoms with van der Waals surface area (Å²) in [5.74, 6) is -0.705. The van der Waals surface area contributed by atoms with Gasteiger partial charge in [0.25, 0.3) is 15.9 Å². The normalized spacial score (nSPS) is 15.5. The Morgan fingerprint density at radius 3 is 2.32 bits per heavy atom. The smallest absolute Gasteiger partial charge is 0.338 e. The van der Waals surface area contributed by atoms with E-state index in [1.165, 1.54) is 42.5 Å². The summed E-state index contributed by atoms with van der Waals surface area (Å²) in [7, 11) is -3.91. The molecule has 1 fully saturated rings. The number of benzene rings is 2. The van der Waals surface area contributed by atoms with E-state index in [4.69, 9.17) is 18.9 Å². The number of hydrogen-bond acceptors (Lipinski definition) is 9. The van der Waals surface area contributed by atoms with Crippen molar-refractivity contribution in [3.8, 4) is 11.5 Å². The second-order valence-corrected chi connectivity index (χ2v) is 10.2. The number of piperidine rings is 1. The van der Waals surface area contributed by atoms with Gasteiger partial charge >= 0.3 is 11.9 Å². The summed E-state index contributed by atoms with van der Waals surface area (Å²) in [6.07, 6.45) is 1.00. The molecule has 0 radical (unpaired) electrons. The number of likely N-dealkylation sites (tertiary alicyclic amines) is 1. The second-order valence-electron chi connectivity index (χ2n) is 8.47. The fourth-order valence-electron chi connectivity index (χ4n) is 4.01. The molecule has 37 heavy (non-hydrogen) atoms. The first kappa shape index (κ1) is 26.3. The van der Waals surface area contributed by atoms with Crippen LogP contribution in [0.1, 0.15) is 30.1 Å². The second kappa shape index (κ2) is 11.5. The van der Waals surface area contributed by atoms with E-state index in [1.807, 2.05) is 0 Å². The first-order valence-corrected chi connectivity index (χ1v) is 13.4. The summed E-state index contributed by atoms with van der Waals surface area (Å²) < 4.78 is 49.0. The van der Waals surface area contributed by atoms with Crippen LogP contribution >= 0.6 is 0 Å². The SMILES string of the molecule is CCOC(=O)C1CCN(C(=O)COC(=O)c2ccc(NS(=O)(=O)c3ccc4c(c3)OCCO4)cc2)CC1. The summed E-state index contributed by atoms with van der Waals surface area (Å²) in [5.41, 5.74) is 0.406. The van der Waals surface area contributed by atoms with Gasteiger partial charge in [-0.1, -0.05) is 0 Å². The Morgan fingerprint density at radius 1 is 0.973 bits per heavy atom. The van der Waals surface area contributed by atoms with E-state index in [0.29, 0.717) is 57.3 Å². The molecule has 2 aliphatic rings. The molecule has 12 heteroatoms. The standard InChI is InChI=1S/C25H28N2O9S/c1-2-33-24(29)18-9-11-27(12-10-18)23(28)16-36-25(30)17-3-5-19(6-4-17)26-37(31,32)20-7-8-21-22(15-20)35-14-13-34-21/h3-8,15,18,26H,2,9-14,16H2,1H3. The number of ether oxygens (including phenoxy) is 4. The maximum atomic E-state index is 12.8. The van der Waals surface area contributed by atoms with Gasteiger partial charge < -0.3 is 23.8 Å². The summed E-state index contributed by atoms with van der Waals surface area (Å²) in [5, 5.41) is 0. The van der Waals surface area contributed by atoms with Crippen molar-refractivity contribution in [1.29, 1.82) is 0 Å². The molecule has 11 nitrogen and oxygen atoms in total. The molecule has 0 aliphatic carbocycles. The zero-order valence-electron chi connectivity index (χ0n) is 20.3. The number of rotatable bonds is 8. The Kier molecular flexibility index (Phi) is 8.17. The highest BCUT2D eigenvalue weighted by Crippen LogP contribution is 2.32. The molecule has 4 rings (SSSR count). The minimum absolute atomic E-state index is 0.00466. The molecule has 0 atom stereocenters. The van der Waals surface area contributed by atoms with Gasteiger partial charge in [-0.05, 0) is 56.2 Å².